The zero-order chi connectivity index (χ0) is 10.7. The molecule has 1 aromatic heterocycles. The average Bonchev–Trinajstić information content (AvgIpc) is 2.65. The predicted octanol–water partition coefficient (Wildman–Crippen LogP) is 1.74. The summed E-state index contributed by atoms with van der Waals surface area (Å²) in [5.74, 6) is 1.99. The predicted molar refractivity (Wildman–Crippen MR) is 61.7 cm³/mol. The largest absolute Gasteiger partial charge is 0.338 e. The summed E-state index contributed by atoms with van der Waals surface area (Å²) in [6, 6.07) is 0.690. The summed E-state index contributed by atoms with van der Waals surface area (Å²) >= 11 is 0. The molecule has 3 heteroatoms. The lowest BCUT2D eigenvalue weighted by Crippen LogP contribution is -2.37. The van der Waals surface area contributed by atoms with Crippen molar-refractivity contribution in [1.29, 1.82) is 0 Å². The van der Waals surface area contributed by atoms with E-state index in [0.29, 0.717) is 6.04 Å². The van der Waals surface area contributed by atoms with E-state index in [1.54, 1.807) is 0 Å². The fourth-order valence-electron chi connectivity index (χ4n) is 2.66. The maximum atomic E-state index is 4.41. The molecule has 0 amide bonds. The Morgan fingerprint density at radius 1 is 1.47 bits per heavy atom. The molecule has 2 rings (SSSR count). The zero-order valence-corrected chi connectivity index (χ0v) is 9.74. The van der Waals surface area contributed by atoms with E-state index in [2.05, 4.69) is 29.0 Å². The maximum absolute atomic E-state index is 4.41. The Bertz CT molecular complexity index is 306. The van der Waals surface area contributed by atoms with E-state index in [9.17, 15) is 0 Å². The second-order valence-corrected chi connectivity index (χ2v) is 4.60. The van der Waals surface area contributed by atoms with Crippen LogP contribution in [-0.2, 0) is 13.5 Å². The van der Waals surface area contributed by atoms with Crippen molar-refractivity contribution in [2.75, 3.05) is 7.05 Å². The third-order valence-corrected chi connectivity index (χ3v) is 3.65. The summed E-state index contributed by atoms with van der Waals surface area (Å²) in [4.78, 5) is 4.41. The molecule has 15 heavy (non-hydrogen) atoms. The van der Waals surface area contributed by atoms with Gasteiger partial charge in [0.1, 0.15) is 5.82 Å². The fraction of sp³-hybridized carbons (Fsp3) is 0.750. The number of imidazole rings is 1. The molecule has 0 bridgehead atoms. The zero-order valence-electron chi connectivity index (χ0n) is 9.74. The number of nitrogens with zero attached hydrogens (tertiary/aromatic N) is 2. The molecule has 2 unspecified atom stereocenters. The van der Waals surface area contributed by atoms with E-state index < -0.39 is 0 Å². The monoisotopic (exact) mass is 207 g/mol. The molecule has 1 heterocycles. The Labute approximate surface area is 91.9 Å². The van der Waals surface area contributed by atoms with E-state index in [4.69, 9.17) is 0 Å². The lowest BCUT2D eigenvalue weighted by Gasteiger charge is -2.31. The van der Waals surface area contributed by atoms with Crippen molar-refractivity contribution in [3.63, 3.8) is 0 Å². The van der Waals surface area contributed by atoms with E-state index in [0.717, 1.165) is 12.3 Å². The topological polar surface area (TPSA) is 29.9 Å². The third kappa shape index (κ3) is 2.40. The van der Waals surface area contributed by atoms with Crippen LogP contribution in [0.4, 0.5) is 0 Å². The van der Waals surface area contributed by atoms with Gasteiger partial charge in [0.2, 0.25) is 0 Å². The molecule has 1 fully saturated rings. The van der Waals surface area contributed by atoms with Crippen molar-refractivity contribution in [2.45, 2.75) is 38.1 Å². The lowest BCUT2D eigenvalue weighted by atomic mass is 9.82. The van der Waals surface area contributed by atoms with Crippen LogP contribution in [0.5, 0.6) is 0 Å². The number of hydrogen-bond acceptors (Lipinski definition) is 2. The molecule has 0 spiro atoms. The van der Waals surface area contributed by atoms with Crippen molar-refractivity contribution in [1.82, 2.24) is 14.9 Å². The lowest BCUT2D eigenvalue weighted by molar-refractivity contribution is 0.268. The summed E-state index contributed by atoms with van der Waals surface area (Å²) in [7, 11) is 4.17. The summed E-state index contributed by atoms with van der Waals surface area (Å²) in [5.41, 5.74) is 0. The molecule has 1 aliphatic rings. The van der Waals surface area contributed by atoms with E-state index in [1.807, 2.05) is 12.4 Å². The number of hydrogen-bond donors (Lipinski definition) is 1. The van der Waals surface area contributed by atoms with Crippen LogP contribution in [0, 0.1) is 5.92 Å². The number of aromatic nitrogens is 2. The highest BCUT2D eigenvalue weighted by Crippen LogP contribution is 2.26. The van der Waals surface area contributed by atoms with Crippen molar-refractivity contribution < 1.29 is 0 Å². The Balaban J connectivity index is 2.00. The second kappa shape index (κ2) is 4.79. The molecule has 1 saturated carbocycles. The Hall–Kier alpha value is -0.830. The highest BCUT2D eigenvalue weighted by molar-refractivity contribution is 4.95. The van der Waals surface area contributed by atoms with Gasteiger partial charge < -0.3 is 9.88 Å². The van der Waals surface area contributed by atoms with E-state index >= 15 is 0 Å². The van der Waals surface area contributed by atoms with Gasteiger partial charge in [0.25, 0.3) is 0 Å². The molecular weight excluding hydrogens is 186 g/mol. The van der Waals surface area contributed by atoms with Gasteiger partial charge in [0, 0.05) is 31.9 Å². The average molecular weight is 207 g/mol. The van der Waals surface area contributed by atoms with Crippen LogP contribution in [0.1, 0.15) is 31.5 Å². The molecule has 1 aromatic rings. The van der Waals surface area contributed by atoms with Crippen LogP contribution in [0.15, 0.2) is 12.4 Å². The smallest absolute Gasteiger partial charge is 0.108 e. The molecule has 2 atom stereocenters. The molecule has 1 aliphatic carbocycles. The molecule has 84 valence electrons. The number of nitrogens with one attached hydrogen (secondary N) is 1. The van der Waals surface area contributed by atoms with Crippen LogP contribution in [-0.4, -0.2) is 22.6 Å². The van der Waals surface area contributed by atoms with Gasteiger partial charge in [-0.15, -0.1) is 0 Å². The van der Waals surface area contributed by atoms with Crippen LogP contribution in [0.3, 0.4) is 0 Å². The SMILES string of the molecule is CNC1CCCCC1Cc1nccn1C. The van der Waals surface area contributed by atoms with Crippen molar-refractivity contribution in [3.05, 3.63) is 18.2 Å². The Morgan fingerprint density at radius 2 is 2.27 bits per heavy atom. The van der Waals surface area contributed by atoms with Crippen LogP contribution in [0.2, 0.25) is 0 Å². The highest BCUT2D eigenvalue weighted by Gasteiger charge is 2.24. The van der Waals surface area contributed by atoms with Gasteiger partial charge >= 0.3 is 0 Å². The molecule has 0 aromatic carbocycles. The van der Waals surface area contributed by atoms with E-state index in [-0.39, 0.29) is 0 Å². The van der Waals surface area contributed by atoms with Gasteiger partial charge in [0.05, 0.1) is 0 Å². The summed E-state index contributed by atoms with van der Waals surface area (Å²) in [6.07, 6.45) is 10.5. The van der Waals surface area contributed by atoms with Gasteiger partial charge in [-0.05, 0) is 25.8 Å². The minimum atomic E-state index is 0.690. The summed E-state index contributed by atoms with van der Waals surface area (Å²) < 4.78 is 2.14. The summed E-state index contributed by atoms with van der Waals surface area (Å²) in [5, 5.41) is 3.45. The second-order valence-electron chi connectivity index (χ2n) is 4.60. The molecule has 0 aliphatic heterocycles. The van der Waals surface area contributed by atoms with Gasteiger partial charge in [0.15, 0.2) is 0 Å². The standard InChI is InChI=1S/C12H21N3/c1-13-11-6-4-3-5-10(11)9-12-14-7-8-15(12)2/h7-8,10-11,13H,3-6,9H2,1-2H3. The minimum absolute atomic E-state index is 0.690. The van der Waals surface area contributed by atoms with Gasteiger partial charge in [-0.2, -0.15) is 0 Å². The first-order chi connectivity index (χ1) is 7.31. The first-order valence-corrected chi connectivity index (χ1v) is 5.94. The van der Waals surface area contributed by atoms with Crippen LogP contribution >= 0.6 is 0 Å². The first kappa shape index (κ1) is 10.7. The van der Waals surface area contributed by atoms with Crippen molar-refractivity contribution in [3.8, 4) is 0 Å². The Kier molecular flexibility index (Phi) is 3.41. The molecule has 1 N–H and O–H groups in total. The van der Waals surface area contributed by atoms with Crippen LogP contribution in [0.25, 0.3) is 0 Å². The number of aryl methyl sites for hydroxylation is 1. The molecule has 0 saturated heterocycles. The molecular formula is C12H21N3. The van der Waals surface area contributed by atoms with Gasteiger partial charge in [-0.3, -0.25) is 0 Å². The molecule has 0 radical (unpaired) electrons. The van der Waals surface area contributed by atoms with Crippen molar-refractivity contribution in [2.24, 2.45) is 13.0 Å². The number of rotatable bonds is 3. The van der Waals surface area contributed by atoms with Crippen molar-refractivity contribution >= 4 is 0 Å². The summed E-state index contributed by atoms with van der Waals surface area (Å²) in [6.45, 7) is 0. The Morgan fingerprint density at radius 3 is 2.93 bits per heavy atom. The quantitative estimate of drug-likeness (QED) is 0.818. The van der Waals surface area contributed by atoms with Gasteiger partial charge in [-0.25, -0.2) is 4.98 Å². The highest BCUT2D eigenvalue weighted by atomic mass is 15.0. The van der Waals surface area contributed by atoms with Crippen LogP contribution < -0.4 is 5.32 Å². The van der Waals surface area contributed by atoms with Gasteiger partial charge in [-0.1, -0.05) is 12.8 Å². The third-order valence-electron chi connectivity index (χ3n) is 3.65. The van der Waals surface area contributed by atoms with E-state index in [1.165, 1.54) is 31.5 Å². The normalized spacial score (nSPS) is 26.8. The maximum Gasteiger partial charge on any atom is 0.108 e. The molecule has 3 nitrogen and oxygen atoms in total. The fourth-order valence-corrected chi connectivity index (χ4v) is 2.66. The first-order valence-electron chi connectivity index (χ1n) is 5.94. The minimum Gasteiger partial charge on any atom is -0.338 e.